The van der Waals surface area contributed by atoms with Gasteiger partial charge in [0.2, 0.25) is 0 Å². The van der Waals surface area contributed by atoms with Gasteiger partial charge in [0.25, 0.3) is 0 Å². The van der Waals surface area contributed by atoms with Gasteiger partial charge in [-0.25, -0.2) is 0 Å². The molecule has 0 heterocycles. The van der Waals surface area contributed by atoms with Crippen LogP contribution in [0.25, 0.3) is 44.5 Å². The van der Waals surface area contributed by atoms with Crippen molar-refractivity contribution < 1.29 is 0 Å². The van der Waals surface area contributed by atoms with Crippen LogP contribution in [0.2, 0.25) is 0 Å². The van der Waals surface area contributed by atoms with Crippen LogP contribution in [0.5, 0.6) is 0 Å². The molecule has 0 saturated carbocycles. The average molecular weight is 521 g/mol. The lowest BCUT2D eigenvalue weighted by atomic mass is 9.96. The fourth-order valence-electron chi connectivity index (χ4n) is 5.01. The van der Waals surface area contributed by atoms with Crippen molar-refractivity contribution >= 4 is 23.1 Å². The minimum Gasteiger partial charge on any atom is -0.398 e. The van der Waals surface area contributed by atoms with Crippen molar-refractivity contribution in [1.82, 2.24) is 0 Å². The third-order valence-electron chi connectivity index (χ3n) is 6.96. The Kier molecular flexibility index (Phi) is 6.90. The maximum atomic E-state index is 6.80. The Hall–Kier alpha value is -4.73. The minimum atomic E-state index is 0.782. The zero-order valence-electron chi connectivity index (χ0n) is 21.4. The van der Waals surface area contributed by atoms with E-state index in [1.54, 1.807) is 11.8 Å². The first-order valence-corrected chi connectivity index (χ1v) is 13.8. The van der Waals surface area contributed by atoms with Crippen molar-refractivity contribution in [3.05, 3.63) is 146 Å². The van der Waals surface area contributed by atoms with Crippen molar-refractivity contribution in [3.8, 4) is 44.5 Å². The summed E-state index contributed by atoms with van der Waals surface area (Å²) in [7, 11) is 0. The van der Waals surface area contributed by atoms with E-state index in [0.717, 1.165) is 65.7 Å². The molecule has 0 saturated heterocycles. The fraction of sp³-hybridized carbons (Fsp3) is 0. The largest absolute Gasteiger partial charge is 0.398 e. The highest BCUT2D eigenvalue weighted by molar-refractivity contribution is 7.99. The zero-order chi connectivity index (χ0) is 26.6. The highest BCUT2D eigenvalue weighted by atomic mass is 32.2. The van der Waals surface area contributed by atoms with Gasteiger partial charge in [-0.15, -0.1) is 0 Å². The highest BCUT2D eigenvalue weighted by Crippen LogP contribution is 2.45. The standard InChI is InChI=1S/C36H28N2S/c37-35-27(25-13-3-1-4-14-25)19-11-21-31(35)29-17-7-9-23-33(29)39-34-24-10-8-18-30(34)32-22-12-20-28(36(32)38)26-15-5-2-6-16-26/h1-24H,37-38H2. The van der Waals surface area contributed by atoms with Crippen LogP contribution in [0.4, 0.5) is 11.4 Å². The molecule has 0 aliphatic rings. The van der Waals surface area contributed by atoms with Crippen molar-refractivity contribution in [1.29, 1.82) is 0 Å². The van der Waals surface area contributed by atoms with Gasteiger partial charge in [-0.1, -0.05) is 145 Å². The molecule has 6 aromatic rings. The van der Waals surface area contributed by atoms with Crippen molar-refractivity contribution in [2.75, 3.05) is 11.5 Å². The molecule has 0 bridgehead atoms. The van der Waals surface area contributed by atoms with Gasteiger partial charge < -0.3 is 11.5 Å². The Labute approximate surface area is 234 Å². The van der Waals surface area contributed by atoms with Gasteiger partial charge in [-0.3, -0.25) is 0 Å². The van der Waals surface area contributed by atoms with Crippen LogP contribution >= 0.6 is 11.8 Å². The van der Waals surface area contributed by atoms with Crippen LogP contribution < -0.4 is 11.5 Å². The molecule has 6 aromatic carbocycles. The molecule has 4 N–H and O–H groups in total. The fourth-order valence-corrected chi connectivity index (χ4v) is 6.12. The predicted molar refractivity (Wildman–Crippen MR) is 168 cm³/mol. The van der Waals surface area contributed by atoms with E-state index >= 15 is 0 Å². The molecule has 0 spiro atoms. The first-order chi connectivity index (χ1) is 19.2. The molecule has 2 nitrogen and oxygen atoms in total. The molecule has 0 radical (unpaired) electrons. The van der Waals surface area contributed by atoms with E-state index in [-0.39, 0.29) is 0 Å². The van der Waals surface area contributed by atoms with Gasteiger partial charge in [0.05, 0.1) is 0 Å². The van der Waals surface area contributed by atoms with E-state index in [2.05, 4.69) is 109 Å². The third kappa shape index (κ3) is 4.93. The minimum absolute atomic E-state index is 0.782. The van der Waals surface area contributed by atoms with Crippen molar-refractivity contribution in [2.45, 2.75) is 9.79 Å². The maximum Gasteiger partial charge on any atom is 0.0473 e. The molecule has 0 fully saturated rings. The number of nitrogens with two attached hydrogens (primary N) is 2. The molecule has 0 atom stereocenters. The van der Waals surface area contributed by atoms with E-state index in [4.69, 9.17) is 11.5 Å². The molecule has 0 aliphatic heterocycles. The van der Waals surface area contributed by atoms with Gasteiger partial charge in [0.15, 0.2) is 0 Å². The molecule has 3 heteroatoms. The van der Waals surface area contributed by atoms with Crippen LogP contribution in [-0.4, -0.2) is 0 Å². The first kappa shape index (κ1) is 24.6. The Morgan fingerprint density at radius 3 is 1.08 bits per heavy atom. The monoisotopic (exact) mass is 520 g/mol. The number of anilines is 2. The predicted octanol–water partition coefficient (Wildman–Crippen LogP) is 9.67. The number of hydrogen-bond acceptors (Lipinski definition) is 3. The summed E-state index contributed by atoms with van der Waals surface area (Å²) in [6.07, 6.45) is 0. The molecular weight excluding hydrogens is 492 g/mol. The second-order valence-corrected chi connectivity index (χ2v) is 10.4. The average Bonchev–Trinajstić information content (AvgIpc) is 2.99. The zero-order valence-corrected chi connectivity index (χ0v) is 22.2. The Balaban J connectivity index is 1.42. The normalized spacial score (nSPS) is 10.9. The molecule has 0 unspecified atom stereocenters. The summed E-state index contributed by atoms with van der Waals surface area (Å²) in [6, 6.07) is 50.1. The van der Waals surface area contributed by atoms with Crippen LogP contribution in [0.15, 0.2) is 155 Å². The SMILES string of the molecule is Nc1c(-c2ccccc2)cccc1-c1ccccc1Sc1ccccc1-c1cccc(-c2ccccc2)c1N. The van der Waals surface area contributed by atoms with Gasteiger partial charge in [-0.05, 0) is 34.4 Å². The molecule has 6 rings (SSSR count). The van der Waals surface area contributed by atoms with E-state index < -0.39 is 0 Å². The number of benzene rings is 6. The molecule has 0 amide bonds. The molecular formula is C36H28N2S. The van der Waals surface area contributed by atoms with Gasteiger partial charge in [0.1, 0.15) is 0 Å². The van der Waals surface area contributed by atoms with Crippen molar-refractivity contribution in [2.24, 2.45) is 0 Å². The van der Waals surface area contributed by atoms with E-state index in [0.29, 0.717) is 0 Å². The smallest absolute Gasteiger partial charge is 0.0473 e. The number of nitrogen functional groups attached to an aromatic ring is 2. The van der Waals surface area contributed by atoms with E-state index in [1.165, 1.54) is 0 Å². The summed E-state index contributed by atoms with van der Waals surface area (Å²) in [4.78, 5) is 2.28. The quantitative estimate of drug-likeness (QED) is 0.215. The molecule has 0 aromatic heterocycles. The second kappa shape index (κ2) is 10.9. The number of rotatable bonds is 6. The Morgan fingerprint density at radius 2 is 0.641 bits per heavy atom. The lowest BCUT2D eigenvalue weighted by Crippen LogP contribution is -1.96. The lowest BCUT2D eigenvalue weighted by molar-refractivity contribution is 1.39. The van der Waals surface area contributed by atoms with E-state index in [9.17, 15) is 0 Å². The summed E-state index contributed by atoms with van der Waals surface area (Å²) in [6.45, 7) is 0. The highest BCUT2D eigenvalue weighted by Gasteiger charge is 2.16. The van der Waals surface area contributed by atoms with Crippen LogP contribution in [0.3, 0.4) is 0 Å². The molecule has 188 valence electrons. The summed E-state index contributed by atoms with van der Waals surface area (Å²) in [5.74, 6) is 0. The Bertz CT molecular complexity index is 1610. The van der Waals surface area contributed by atoms with Crippen LogP contribution in [0, 0.1) is 0 Å². The summed E-state index contributed by atoms with van der Waals surface area (Å²) in [5.41, 5.74) is 23.7. The summed E-state index contributed by atoms with van der Waals surface area (Å²) < 4.78 is 0. The molecule has 0 aliphatic carbocycles. The number of hydrogen-bond donors (Lipinski definition) is 2. The van der Waals surface area contributed by atoms with Gasteiger partial charge >= 0.3 is 0 Å². The first-order valence-electron chi connectivity index (χ1n) is 12.9. The van der Waals surface area contributed by atoms with Gasteiger partial charge in [-0.2, -0.15) is 0 Å². The maximum absolute atomic E-state index is 6.80. The Morgan fingerprint density at radius 1 is 0.308 bits per heavy atom. The van der Waals surface area contributed by atoms with Gasteiger partial charge in [0, 0.05) is 43.4 Å². The third-order valence-corrected chi connectivity index (χ3v) is 8.11. The lowest BCUT2D eigenvalue weighted by Gasteiger charge is -2.17. The topological polar surface area (TPSA) is 52.0 Å². The number of para-hydroxylation sites is 2. The summed E-state index contributed by atoms with van der Waals surface area (Å²) >= 11 is 1.74. The summed E-state index contributed by atoms with van der Waals surface area (Å²) in [5, 5.41) is 0. The van der Waals surface area contributed by atoms with Crippen LogP contribution in [0.1, 0.15) is 0 Å². The second-order valence-electron chi connectivity index (χ2n) is 9.36. The van der Waals surface area contributed by atoms with E-state index in [1.807, 2.05) is 36.4 Å². The van der Waals surface area contributed by atoms with Crippen LogP contribution in [-0.2, 0) is 0 Å². The molecule has 39 heavy (non-hydrogen) atoms. The van der Waals surface area contributed by atoms with Crippen molar-refractivity contribution in [3.63, 3.8) is 0 Å².